The number of benzene rings is 1. The molecule has 18 heavy (non-hydrogen) atoms. The zero-order chi connectivity index (χ0) is 13.1. The average Bonchev–Trinajstić information content (AvgIpc) is 2.36. The Kier molecular flexibility index (Phi) is 3.81. The first kappa shape index (κ1) is 12.8. The Balaban J connectivity index is 2.30. The molecule has 0 saturated carbocycles. The summed E-state index contributed by atoms with van der Waals surface area (Å²) >= 11 is 0. The Morgan fingerprint density at radius 1 is 0.944 bits per heavy atom. The summed E-state index contributed by atoms with van der Waals surface area (Å²) in [6.45, 7) is 8.55. The zero-order valence-corrected chi connectivity index (χ0v) is 11.7. The van der Waals surface area contributed by atoms with E-state index in [4.69, 9.17) is 4.98 Å². The Hall–Kier alpha value is -1.63. The molecule has 0 amide bonds. The second kappa shape index (κ2) is 5.34. The van der Waals surface area contributed by atoms with Crippen molar-refractivity contribution < 1.29 is 0 Å². The number of rotatable bonds is 3. The van der Waals surface area contributed by atoms with E-state index < -0.39 is 0 Å². The molecular formula is C17H21N. The molecule has 0 unspecified atom stereocenters. The van der Waals surface area contributed by atoms with Crippen LogP contribution < -0.4 is 0 Å². The van der Waals surface area contributed by atoms with Gasteiger partial charge in [0, 0.05) is 17.8 Å². The maximum Gasteiger partial charge on any atom is 0.0479 e. The number of pyridine rings is 1. The molecule has 1 heteroatoms. The minimum Gasteiger partial charge on any atom is -0.257 e. The topological polar surface area (TPSA) is 12.9 Å². The molecule has 0 aliphatic carbocycles. The summed E-state index contributed by atoms with van der Waals surface area (Å²) in [5.74, 6) is 0. The van der Waals surface area contributed by atoms with Gasteiger partial charge in [0.1, 0.15) is 0 Å². The van der Waals surface area contributed by atoms with E-state index in [1.807, 2.05) is 0 Å². The maximum atomic E-state index is 4.72. The van der Waals surface area contributed by atoms with Crippen LogP contribution in [0.15, 0.2) is 30.3 Å². The van der Waals surface area contributed by atoms with Gasteiger partial charge in [-0.2, -0.15) is 0 Å². The van der Waals surface area contributed by atoms with Gasteiger partial charge in [0.05, 0.1) is 0 Å². The van der Waals surface area contributed by atoms with E-state index in [1.165, 1.54) is 27.9 Å². The Morgan fingerprint density at radius 3 is 2.39 bits per heavy atom. The summed E-state index contributed by atoms with van der Waals surface area (Å²) in [5, 5.41) is 0. The summed E-state index contributed by atoms with van der Waals surface area (Å²) in [6, 6.07) is 11.0. The number of hydrogen-bond donors (Lipinski definition) is 0. The monoisotopic (exact) mass is 239 g/mol. The third kappa shape index (κ3) is 2.79. The van der Waals surface area contributed by atoms with E-state index in [9.17, 15) is 0 Å². The summed E-state index contributed by atoms with van der Waals surface area (Å²) < 4.78 is 0. The third-order valence-electron chi connectivity index (χ3n) is 3.53. The van der Waals surface area contributed by atoms with Crippen molar-refractivity contribution in [2.45, 2.75) is 40.5 Å². The summed E-state index contributed by atoms with van der Waals surface area (Å²) in [4.78, 5) is 4.72. The van der Waals surface area contributed by atoms with Gasteiger partial charge in [0.2, 0.25) is 0 Å². The Bertz CT molecular complexity index is 556. The average molecular weight is 239 g/mol. The molecule has 0 bridgehead atoms. The molecule has 94 valence electrons. The number of aromatic nitrogens is 1. The lowest BCUT2D eigenvalue weighted by molar-refractivity contribution is 0.988. The van der Waals surface area contributed by atoms with Crippen LogP contribution in [0.25, 0.3) is 0 Å². The van der Waals surface area contributed by atoms with Crippen molar-refractivity contribution in [1.29, 1.82) is 0 Å². The lowest BCUT2D eigenvalue weighted by Gasteiger charge is -2.09. The van der Waals surface area contributed by atoms with Crippen LogP contribution in [0.1, 0.15) is 40.6 Å². The molecule has 0 saturated heterocycles. The van der Waals surface area contributed by atoms with E-state index in [2.05, 4.69) is 58.0 Å². The van der Waals surface area contributed by atoms with Gasteiger partial charge in [-0.25, -0.2) is 0 Å². The van der Waals surface area contributed by atoms with Gasteiger partial charge < -0.3 is 0 Å². The minimum atomic E-state index is 0.931. The van der Waals surface area contributed by atoms with E-state index in [-0.39, 0.29) is 0 Å². The first-order chi connectivity index (χ1) is 8.60. The van der Waals surface area contributed by atoms with Crippen LogP contribution >= 0.6 is 0 Å². The molecule has 1 aromatic carbocycles. The second-order valence-corrected chi connectivity index (χ2v) is 5.00. The van der Waals surface area contributed by atoms with Crippen LogP contribution in [0.5, 0.6) is 0 Å². The molecular weight excluding hydrogens is 218 g/mol. The quantitative estimate of drug-likeness (QED) is 0.783. The van der Waals surface area contributed by atoms with Crippen molar-refractivity contribution in [2.75, 3.05) is 0 Å². The van der Waals surface area contributed by atoms with Gasteiger partial charge in [-0.1, -0.05) is 37.3 Å². The number of nitrogens with zero attached hydrogens (tertiary/aromatic N) is 1. The lowest BCUT2D eigenvalue weighted by Crippen LogP contribution is -2.00. The molecule has 1 aromatic heterocycles. The van der Waals surface area contributed by atoms with E-state index in [0.29, 0.717) is 0 Å². The lowest BCUT2D eigenvalue weighted by atomic mass is 10.0. The predicted molar refractivity (Wildman–Crippen MR) is 77.1 cm³/mol. The smallest absolute Gasteiger partial charge is 0.0479 e. The minimum absolute atomic E-state index is 0.931. The largest absolute Gasteiger partial charge is 0.257 e. The molecule has 0 aliphatic heterocycles. The molecule has 1 heterocycles. The van der Waals surface area contributed by atoms with Crippen molar-refractivity contribution in [3.63, 3.8) is 0 Å². The number of aryl methyl sites for hydroxylation is 4. The van der Waals surface area contributed by atoms with Crippen molar-refractivity contribution in [3.05, 3.63) is 64.0 Å². The van der Waals surface area contributed by atoms with Gasteiger partial charge in [-0.05, 0) is 49.4 Å². The fourth-order valence-electron chi connectivity index (χ4n) is 2.22. The van der Waals surface area contributed by atoms with Crippen LogP contribution in [0.2, 0.25) is 0 Å². The molecule has 2 aromatic rings. The van der Waals surface area contributed by atoms with E-state index in [0.717, 1.165) is 18.5 Å². The molecule has 0 fully saturated rings. The molecule has 0 spiro atoms. The van der Waals surface area contributed by atoms with E-state index in [1.54, 1.807) is 0 Å². The van der Waals surface area contributed by atoms with Crippen LogP contribution in [0.3, 0.4) is 0 Å². The van der Waals surface area contributed by atoms with Gasteiger partial charge in [-0.3, -0.25) is 4.98 Å². The highest BCUT2D eigenvalue weighted by Crippen LogP contribution is 2.16. The summed E-state index contributed by atoms with van der Waals surface area (Å²) in [7, 11) is 0. The molecule has 0 aliphatic rings. The predicted octanol–water partition coefficient (Wildman–Crippen LogP) is 4.16. The van der Waals surface area contributed by atoms with Gasteiger partial charge in [0.25, 0.3) is 0 Å². The van der Waals surface area contributed by atoms with Gasteiger partial charge in [0.15, 0.2) is 0 Å². The Labute approximate surface area is 110 Å². The van der Waals surface area contributed by atoms with Crippen LogP contribution in [0, 0.1) is 20.8 Å². The molecule has 2 rings (SSSR count). The standard InChI is InChI=1S/C17H21N/c1-5-15-7-6-8-16(10-15)11-17-13(3)9-12(2)14(4)18-17/h6-10H,5,11H2,1-4H3. The summed E-state index contributed by atoms with van der Waals surface area (Å²) in [5.41, 5.74) is 7.66. The normalized spacial score (nSPS) is 10.7. The van der Waals surface area contributed by atoms with Crippen molar-refractivity contribution in [1.82, 2.24) is 4.98 Å². The van der Waals surface area contributed by atoms with E-state index >= 15 is 0 Å². The number of hydrogen-bond acceptors (Lipinski definition) is 1. The molecule has 1 nitrogen and oxygen atoms in total. The first-order valence-electron chi connectivity index (χ1n) is 6.61. The van der Waals surface area contributed by atoms with Crippen LogP contribution in [-0.2, 0) is 12.8 Å². The van der Waals surface area contributed by atoms with Crippen LogP contribution in [0.4, 0.5) is 0 Å². The highest BCUT2D eigenvalue weighted by atomic mass is 14.7. The van der Waals surface area contributed by atoms with Gasteiger partial charge in [-0.15, -0.1) is 0 Å². The Morgan fingerprint density at radius 2 is 1.67 bits per heavy atom. The summed E-state index contributed by atoms with van der Waals surface area (Å²) in [6.07, 6.45) is 2.02. The molecule has 0 atom stereocenters. The molecule has 0 radical (unpaired) electrons. The first-order valence-corrected chi connectivity index (χ1v) is 6.61. The van der Waals surface area contributed by atoms with Crippen molar-refractivity contribution in [2.24, 2.45) is 0 Å². The van der Waals surface area contributed by atoms with Crippen molar-refractivity contribution in [3.8, 4) is 0 Å². The van der Waals surface area contributed by atoms with Crippen molar-refractivity contribution >= 4 is 0 Å². The highest BCUT2D eigenvalue weighted by molar-refractivity contribution is 5.33. The molecule has 0 N–H and O–H groups in total. The SMILES string of the molecule is CCc1cccc(Cc2nc(C)c(C)cc2C)c1. The highest BCUT2D eigenvalue weighted by Gasteiger charge is 2.05. The second-order valence-electron chi connectivity index (χ2n) is 5.00. The van der Waals surface area contributed by atoms with Gasteiger partial charge >= 0.3 is 0 Å². The third-order valence-corrected chi connectivity index (χ3v) is 3.53. The van der Waals surface area contributed by atoms with Crippen LogP contribution in [-0.4, -0.2) is 4.98 Å². The fourth-order valence-corrected chi connectivity index (χ4v) is 2.22. The zero-order valence-electron chi connectivity index (χ0n) is 11.7. The fraction of sp³-hybridized carbons (Fsp3) is 0.353. The maximum absolute atomic E-state index is 4.72.